The number of carboxylic acids is 1. The molecule has 0 unspecified atom stereocenters. The second kappa shape index (κ2) is 5.83. The first-order chi connectivity index (χ1) is 9.09. The van der Waals surface area contributed by atoms with Crippen LogP contribution in [0.4, 0.5) is 0 Å². The molecule has 0 aliphatic carbocycles. The maximum Gasteiger partial charge on any atom is 0.303 e. The van der Waals surface area contributed by atoms with Crippen LogP contribution in [0.3, 0.4) is 0 Å². The van der Waals surface area contributed by atoms with Crippen molar-refractivity contribution in [3.8, 4) is 10.7 Å². The summed E-state index contributed by atoms with van der Waals surface area (Å²) in [6, 6.07) is 0. The number of aryl methyl sites for hydroxylation is 1. The number of tetrazole rings is 1. The summed E-state index contributed by atoms with van der Waals surface area (Å²) >= 11 is 1.25. The third-order valence-corrected chi connectivity index (χ3v) is 3.29. The van der Waals surface area contributed by atoms with Gasteiger partial charge in [-0.25, -0.2) is 4.68 Å². The van der Waals surface area contributed by atoms with Crippen LogP contribution in [0.2, 0.25) is 0 Å². The zero-order chi connectivity index (χ0) is 13.8. The van der Waals surface area contributed by atoms with E-state index in [4.69, 9.17) is 5.11 Å². The predicted molar refractivity (Wildman–Crippen MR) is 67.7 cm³/mol. The van der Waals surface area contributed by atoms with E-state index in [9.17, 15) is 4.79 Å². The molecule has 102 valence electrons. The number of carbonyl (C=O) groups is 1. The van der Waals surface area contributed by atoms with Crippen LogP contribution in [0.1, 0.15) is 38.3 Å². The van der Waals surface area contributed by atoms with E-state index in [0.717, 1.165) is 10.6 Å². The molecule has 19 heavy (non-hydrogen) atoms. The lowest BCUT2D eigenvalue weighted by atomic mass is 10.1. The van der Waals surface area contributed by atoms with Gasteiger partial charge in [-0.05, 0) is 34.3 Å². The van der Waals surface area contributed by atoms with Gasteiger partial charge in [0.05, 0.1) is 5.69 Å². The number of rotatable bonds is 6. The van der Waals surface area contributed by atoms with E-state index >= 15 is 0 Å². The molecule has 1 N–H and O–H groups in total. The van der Waals surface area contributed by atoms with Crippen molar-refractivity contribution in [1.82, 2.24) is 29.8 Å². The molecular formula is C10H14N6O2S. The Hall–Kier alpha value is -1.90. The summed E-state index contributed by atoms with van der Waals surface area (Å²) in [5.74, 6) is 0.0129. The average Bonchev–Trinajstić information content (AvgIpc) is 2.94. The molecule has 8 nitrogen and oxygen atoms in total. The summed E-state index contributed by atoms with van der Waals surface area (Å²) in [4.78, 5) is 11.3. The Balaban J connectivity index is 2.19. The van der Waals surface area contributed by atoms with E-state index in [1.807, 2.05) is 13.8 Å². The van der Waals surface area contributed by atoms with Gasteiger partial charge in [-0.1, -0.05) is 18.3 Å². The van der Waals surface area contributed by atoms with Gasteiger partial charge in [0.25, 0.3) is 0 Å². The smallest absolute Gasteiger partial charge is 0.303 e. The minimum Gasteiger partial charge on any atom is -0.481 e. The van der Waals surface area contributed by atoms with Gasteiger partial charge in [0, 0.05) is 13.0 Å². The van der Waals surface area contributed by atoms with E-state index in [1.54, 1.807) is 4.68 Å². The van der Waals surface area contributed by atoms with E-state index < -0.39 is 5.97 Å². The standard InChI is InChI=1S/C10H14N6O2S/c1-6(2)8-9(19-15-11-8)10-12-13-14-16(10)5-3-4-7(17)18/h6H,3-5H2,1-2H3,(H,17,18). The van der Waals surface area contributed by atoms with Gasteiger partial charge in [-0.3, -0.25) is 4.79 Å². The summed E-state index contributed by atoms with van der Waals surface area (Å²) in [7, 11) is 0. The lowest BCUT2D eigenvalue weighted by Crippen LogP contribution is -2.06. The molecule has 2 heterocycles. The van der Waals surface area contributed by atoms with Crippen molar-refractivity contribution in [1.29, 1.82) is 0 Å². The Kier molecular flexibility index (Phi) is 4.15. The van der Waals surface area contributed by atoms with Crippen molar-refractivity contribution >= 4 is 17.5 Å². The number of aliphatic carboxylic acids is 1. The topological polar surface area (TPSA) is 107 Å². The second-order valence-electron chi connectivity index (χ2n) is 4.36. The maximum absolute atomic E-state index is 10.5. The Morgan fingerprint density at radius 2 is 2.21 bits per heavy atom. The first kappa shape index (κ1) is 13.5. The van der Waals surface area contributed by atoms with Gasteiger partial charge in [0.15, 0.2) is 5.82 Å². The number of carboxylic acid groups (broad SMARTS) is 1. The van der Waals surface area contributed by atoms with E-state index in [2.05, 4.69) is 25.1 Å². The molecule has 0 aromatic carbocycles. The van der Waals surface area contributed by atoms with Gasteiger partial charge in [0.1, 0.15) is 4.88 Å². The van der Waals surface area contributed by atoms with Gasteiger partial charge in [0.2, 0.25) is 0 Å². The highest BCUT2D eigenvalue weighted by Gasteiger charge is 2.19. The molecule has 2 aromatic rings. The van der Waals surface area contributed by atoms with E-state index in [1.165, 1.54) is 11.5 Å². The molecular weight excluding hydrogens is 268 g/mol. The normalized spacial score (nSPS) is 11.1. The minimum absolute atomic E-state index is 0.0945. The van der Waals surface area contributed by atoms with Gasteiger partial charge in [-0.2, -0.15) is 0 Å². The van der Waals surface area contributed by atoms with Crippen molar-refractivity contribution in [2.24, 2.45) is 0 Å². The quantitative estimate of drug-likeness (QED) is 0.847. The van der Waals surface area contributed by atoms with Crippen LogP contribution in [0.15, 0.2) is 0 Å². The van der Waals surface area contributed by atoms with E-state index in [-0.39, 0.29) is 12.3 Å². The molecule has 0 saturated heterocycles. The molecule has 0 spiro atoms. The zero-order valence-electron chi connectivity index (χ0n) is 10.6. The highest BCUT2D eigenvalue weighted by molar-refractivity contribution is 7.09. The monoisotopic (exact) mass is 282 g/mol. The zero-order valence-corrected chi connectivity index (χ0v) is 11.5. The molecule has 0 bridgehead atoms. The Morgan fingerprint density at radius 1 is 1.42 bits per heavy atom. The first-order valence-electron chi connectivity index (χ1n) is 5.90. The van der Waals surface area contributed by atoms with Gasteiger partial charge >= 0.3 is 5.97 Å². The first-order valence-corrected chi connectivity index (χ1v) is 6.67. The average molecular weight is 282 g/mol. The van der Waals surface area contributed by atoms with Crippen molar-refractivity contribution in [3.05, 3.63) is 5.69 Å². The van der Waals surface area contributed by atoms with Crippen LogP contribution >= 0.6 is 11.5 Å². The summed E-state index contributed by atoms with van der Waals surface area (Å²) in [6.07, 6.45) is 0.577. The summed E-state index contributed by atoms with van der Waals surface area (Å²) in [5.41, 5.74) is 0.860. The third-order valence-electron chi connectivity index (χ3n) is 2.56. The van der Waals surface area contributed by atoms with Crippen LogP contribution < -0.4 is 0 Å². The van der Waals surface area contributed by atoms with Crippen molar-refractivity contribution in [3.63, 3.8) is 0 Å². The Morgan fingerprint density at radius 3 is 2.89 bits per heavy atom. The Labute approximate surface area is 113 Å². The van der Waals surface area contributed by atoms with Crippen LogP contribution in [-0.4, -0.2) is 40.9 Å². The molecule has 0 aliphatic rings. The second-order valence-corrected chi connectivity index (χ2v) is 5.12. The maximum atomic E-state index is 10.5. The summed E-state index contributed by atoms with van der Waals surface area (Å²) in [5, 5.41) is 24.2. The fourth-order valence-corrected chi connectivity index (χ4v) is 2.44. The minimum atomic E-state index is -0.822. The van der Waals surface area contributed by atoms with Crippen LogP contribution in [0, 0.1) is 0 Å². The molecule has 0 atom stereocenters. The molecule has 9 heteroatoms. The van der Waals surface area contributed by atoms with Crippen molar-refractivity contribution in [2.75, 3.05) is 0 Å². The number of nitrogens with zero attached hydrogens (tertiary/aromatic N) is 6. The number of hydrogen-bond acceptors (Lipinski definition) is 7. The highest BCUT2D eigenvalue weighted by Crippen LogP contribution is 2.28. The largest absolute Gasteiger partial charge is 0.481 e. The van der Waals surface area contributed by atoms with Crippen LogP contribution in [-0.2, 0) is 11.3 Å². The number of aromatic nitrogens is 6. The lowest BCUT2D eigenvalue weighted by molar-refractivity contribution is -0.137. The number of hydrogen-bond donors (Lipinski definition) is 1. The van der Waals surface area contributed by atoms with E-state index in [0.29, 0.717) is 18.8 Å². The van der Waals surface area contributed by atoms with Crippen LogP contribution in [0.25, 0.3) is 10.7 Å². The highest BCUT2D eigenvalue weighted by atomic mass is 32.1. The molecule has 0 amide bonds. The van der Waals surface area contributed by atoms with Gasteiger partial charge < -0.3 is 5.11 Å². The molecule has 0 fully saturated rings. The lowest BCUT2D eigenvalue weighted by Gasteiger charge is -2.04. The molecule has 0 saturated carbocycles. The molecule has 2 aromatic heterocycles. The predicted octanol–water partition coefficient (Wildman–Crippen LogP) is 1.18. The molecule has 2 rings (SSSR count). The fraction of sp³-hybridized carbons (Fsp3) is 0.600. The van der Waals surface area contributed by atoms with Crippen molar-refractivity contribution in [2.45, 2.75) is 39.2 Å². The van der Waals surface area contributed by atoms with Gasteiger partial charge in [-0.15, -0.1) is 10.2 Å². The van der Waals surface area contributed by atoms with Crippen LogP contribution in [0.5, 0.6) is 0 Å². The fourth-order valence-electron chi connectivity index (χ4n) is 1.63. The molecule has 0 radical (unpaired) electrons. The molecule has 0 aliphatic heterocycles. The SMILES string of the molecule is CC(C)c1nnsc1-c1nnnn1CCCC(=O)O. The third kappa shape index (κ3) is 3.11. The summed E-state index contributed by atoms with van der Waals surface area (Å²) in [6.45, 7) is 4.52. The Bertz CT molecular complexity index is 564. The summed E-state index contributed by atoms with van der Waals surface area (Å²) < 4.78 is 5.54. The van der Waals surface area contributed by atoms with Crippen molar-refractivity contribution < 1.29 is 9.90 Å².